The molecule has 3 N–H and O–H groups in total. The van der Waals surface area contributed by atoms with Gasteiger partial charge in [0.25, 0.3) is 11.8 Å². The lowest BCUT2D eigenvalue weighted by Gasteiger charge is -2.49. The quantitative estimate of drug-likeness (QED) is 0.161. The van der Waals surface area contributed by atoms with Crippen molar-refractivity contribution in [3.63, 3.8) is 0 Å². The standard InChI is InChI=1S/C22H29N5O8S.ClH/c1-4-26(5-2)8-10-34-21(30)17-13(11-35-22(23)31)12-36-20-16(19(29)27(17)20)24-18(28)15(25-32-3)14-7-6-9-33-14;/h6-7,9,16,20H,4-5,8,10-12H2,1-3H3,(H2,23,31)(H,24,28);1H. The summed E-state index contributed by atoms with van der Waals surface area (Å²) in [6, 6.07) is 2.18. The van der Waals surface area contributed by atoms with Crippen molar-refractivity contribution in [2.45, 2.75) is 25.3 Å². The van der Waals surface area contributed by atoms with E-state index in [0.29, 0.717) is 12.1 Å². The highest BCUT2D eigenvalue weighted by atomic mass is 35.5. The predicted molar refractivity (Wildman–Crippen MR) is 136 cm³/mol. The van der Waals surface area contributed by atoms with E-state index in [0.717, 1.165) is 13.1 Å². The molecular weight excluding hydrogens is 530 g/mol. The number of β-lactam (4-membered cyclic amide) rings is 1. The van der Waals surface area contributed by atoms with E-state index >= 15 is 0 Å². The number of hydrogen-bond donors (Lipinski definition) is 2. The van der Waals surface area contributed by atoms with E-state index in [1.54, 1.807) is 6.07 Å². The van der Waals surface area contributed by atoms with Crippen LogP contribution >= 0.6 is 24.2 Å². The lowest BCUT2D eigenvalue weighted by Crippen LogP contribution is -2.71. The number of carbonyl (C=O) groups excluding carboxylic acids is 4. The summed E-state index contributed by atoms with van der Waals surface area (Å²) in [5, 5.41) is 5.75. The van der Waals surface area contributed by atoms with Crippen LogP contribution in [0.5, 0.6) is 0 Å². The first kappa shape index (κ1) is 30.0. The maximum atomic E-state index is 13.1. The number of oxime groups is 1. The summed E-state index contributed by atoms with van der Waals surface area (Å²) in [7, 11) is 1.28. The first-order valence-corrected chi connectivity index (χ1v) is 12.3. The van der Waals surface area contributed by atoms with Crippen molar-refractivity contribution in [3.05, 3.63) is 35.4 Å². The van der Waals surface area contributed by atoms with Gasteiger partial charge in [0.05, 0.1) is 6.26 Å². The van der Waals surface area contributed by atoms with E-state index in [1.807, 2.05) is 13.8 Å². The van der Waals surface area contributed by atoms with Gasteiger partial charge < -0.3 is 34.7 Å². The second-order valence-electron chi connectivity index (χ2n) is 7.68. The molecule has 2 aliphatic rings. The van der Waals surface area contributed by atoms with Crippen molar-refractivity contribution < 1.29 is 37.9 Å². The number of primary amides is 1. The lowest BCUT2D eigenvalue weighted by atomic mass is 10.0. The Kier molecular flexibility index (Phi) is 11.3. The molecule has 0 spiro atoms. The highest BCUT2D eigenvalue weighted by molar-refractivity contribution is 8.00. The minimum atomic E-state index is -1.01. The minimum Gasteiger partial charge on any atom is -0.462 e. The summed E-state index contributed by atoms with van der Waals surface area (Å²) in [4.78, 5) is 58.1. The van der Waals surface area contributed by atoms with Gasteiger partial charge >= 0.3 is 12.1 Å². The molecule has 0 aromatic carbocycles. The van der Waals surface area contributed by atoms with Crippen molar-refractivity contribution in [1.29, 1.82) is 0 Å². The predicted octanol–water partition coefficient (Wildman–Crippen LogP) is 0.686. The van der Waals surface area contributed by atoms with Gasteiger partial charge in [-0.25, -0.2) is 9.59 Å². The van der Waals surface area contributed by atoms with Crippen LogP contribution in [0.4, 0.5) is 4.79 Å². The lowest BCUT2D eigenvalue weighted by molar-refractivity contribution is -0.152. The third-order valence-electron chi connectivity index (χ3n) is 5.60. The van der Waals surface area contributed by atoms with E-state index in [-0.39, 0.29) is 48.5 Å². The van der Waals surface area contributed by atoms with E-state index in [9.17, 15) is 19.2 Å². The van der Waals surface area contributed by atoms with Crippen molar-refractivity contribution in [1.82, 2.24) is 15.1 Å². The second-order valence-corrected chi connectivity index (χ2v) is 8.79. The minimum absolute atomic E-state index is 0. The van der Waals surface area contributed by atoms with Crippen LogP contribution < -0.4 is 11.1 Å². The van der Waals surface area contributed by atoms with Gasteiger partial charge in [0.2, 0.25) is 5.71 Å². The molecule has 204 valence electrons. The van der Waals surface area contributed by atoms with Gasteiger partial charge in [-0.15, -0.1) is 24.2 Å². The van der Waals surface area contributed by atoms with Crippen molar-refractivity contribution >= 4 is 53.8 Å². The zero-order valence-corrected chi connectivity index (χ0v) is 22.3. The fraction of sp³-hybridized carbons (Fsp3) is 0.500. The number of hydrogen-bond acceptors (Lipinski definition) is 11. The molecule has 3 amide bonds. The molecule has 37 heavy (non-hydrogen) atoms. The number of amides is 3. The van der Waals surface area contributed by atoms with Crippen LogP contribution in [-0.2, 0) is 28.7 Å². The van der Waals surface area contributed by atoms with Crippen molar-refractivity contribution in [2.24, 2.45) is 10.9 Å². The molecule has 1 saturated heterocycles. The third kappa shape index (κ3) is 6.96. The van der Waals surface area contributed by atoms with E-state index in [4.69, 9.17) is 24.5 Å². The fourth-order valence-corrected chi connectivity index (χ4v) is 5.06. The van der Waals surface area contributed by atoms with Crippen LogP contribution in [-0.4, -0.2) is 96.5 Å². The highest BCUT2D eigenvalue weighted by Gasteiger charge is 2.54. The summed E-state index contributed by atoms with van der Waals surface area (Å²) in [6.45, 7) is 5.97. The molecule has 0 radical (unpaired) electrons. The smallest absolute Gasteiger partial charge is 0.404 e. The van der Waals surface area contributed by atoms with Gasteiger partial charge in [-0.3, -0.25) is 14.5 Å². The number of nitrogens with zero attached hydrogens (tertiary/aromatic N) is 3. The first-order chi connectivity index (χ1) is 17.3. The zero-order chi connectivity index (χ0) is 26.2. The average molecular weight is 560 g/mol. The van der Waals surface area contributed by atoms with Crippen molar-refractivity contribution in [3.8, 4) is 0 Å². The maximum absolute atomic E-state index is 13.1. The summed E-state index contributed by atoms with van der Waals surface area (Å²) in [6.07, 6.45) is 0.367. The monoisotopic (exact) mass is 559 g/mol. The molecule has 2 atom stereocenters. The molecule has 3 rings (SSSR count). The van der Waals surface area contributed by atoms with E-state index < -0.39 is 35.3 Å². The second kappa shape index (κ2) is 13.9. The van der Waals surface area contributed by atoms with Crippen LogP contribution in [0.2, 0.25) is 0 Å². The molecule has 3 heterocycles. The summed E-state index contributed by atoms with van der Waals surface area (Å²) < 4.78 is 15.5. The number of furan rings is 1. The van der Waals surface area contributed by atoms with Gasteiger partial charge in [-0.1, -0.05) is 19.0 Å². The SMILES string of the molecule is CCN(CC)CCOC(=O)C1=C(COC(N)=O)CSC2C(NC(=O)C(=NOC)c3ccco3)C(=O)N12.Cl. The van der Waals surface area contributed by atoms with Gasteiger partial charge in [-0.05, 0) is 25.2 Å². The van der Waals surface area contributed by atoms with Gasteiger partial charge in [-0.2, -0.15) is 0 Å². The summed E-state index contributed by atoms with van der Waals surface area (Å²) >= 11 is 1.30. The normalized spacial score (nSPS) is 19.0. The highest BCUT2D eigenvalue weighted by Crippen LogP contribution is 2.40. The third-order valence-corrected chi connectivity index (χ3v) is 6.94. The van der Waals surface area contributed by atoms with Crippen LogP contribution in [0, 0.1) is 0 Å². The number of halogens is 1. The number of likely N-dealkylation sites (N-methyl/N-ethyl adjacent to an activating group) is 1. The Morgan fingerprint density at radius 2 is 2.03 bits per heavy atom. The van der Waals surface area contributed by atoms with Crippen LogP contribution in [0.25, 0.3) is 0 Å². The Labute approximate surface area is 224 Å². The summed E-state index contributed by atoms with van der Waals surface area (Å²) in [5.74, 6) is -1.50. The fourth-order valence-electron chi connectivity index (χ4n) is 3.73. The molecule has 13 nitrogen and oxygen atoms in total. The molecule has 0 saturated carbocycles. The van der Waals surface area contributed by atoms with Crippen molar-refractivity contribution in [2.75, 3.05) is 45.7 Å². The molecule has 2 unspecified atom stereocenters. The van der Waals surface area contributed by atoms with Gasteiger partial charge in [0, 0.05) is 17.9 Å². The molecule has 1 aromatic heterocycles. The van der Waals surface area contributed by atoms with E-state index in [2.05, 4.69) is 15.4 Å². The zero-order valence-electron chi connectivity index (χ0n) is 20.6. The molecule has 2 aliphatic heterocycles. The molecule has 0 bridgehead atoms. The van der Waals surface area contributed by atoms with Gasteiger partial charge in [0.15, 0.2) is 5.76 Å². The first-order valence-electron chi connectivity index (χ1n) is 11.3. The van der Waals surface area contributed by atoms with Crippen LogP contribution in [0.3, 0.4) is 0 Å². The maximum Gasteiger partial charge on any atom is 0.404 e. The van der Waals surface area contributed by atoms with Crippen LogP contribution in [0.1, 0.15) is 19.6 Å². The number of ether oxygens (including phenoxy) is 2. The Balaban J connectivity index is 0.00000481. The Hall–Kier alpha value is -3.23. The Morgan fingerprint density at radius 1 is 1.30 bits per heavy atom. The largest absolute Gasteiger partial charge is 0.462 e. The van der Waals surface area contributed by atoms with Gasteiger partial charge in [0.1, 0.15) is 37.4 Å². The molecule has 0 aliphatic carbocycles. The van der Waals surface area contributed by atoms with Crippen LogP contribution in [0.15, 0.2) is 39.2 Å². The number of rotatable bonds is 12. The number of nitrogens with two attached hydrogens (primary N) is 1. The summed E-state index contributed by atoms with van der Waals surface area (Å²) in [5.41, 5.74) is 5.32. The molecular formula is C22H30ClN5O8S. The number of nitrogens with one attached hydrogen (secondary N) is 1. The number of carbonyl (C=O) groups is 4. The number of fused-ring (bicyclic) bond motifs is 1. The molecule has 1 aromatic rings. The Morgan fingerprint density at radius 3 is 2.62 bits per heavy atom. The number of thioether (sulfide) groups is 1. The Bertz CT molecular complexity index is 1040. The van der Waals surface area contributed by atoms with E-state index in [1.165, 1.54) is 36.1 Å². The molecule has 1 fully saturated rings. The topological polar surface area (TPSA) is 166 Å². The number of esters is 1. The molecule has 15 heteroatoms. The average Bonchev–Trinajstić information content (AvgIpc) is 3.40.